The zero-order valence-electron chi connectivity index (χ0n) is 33.2. The standard InChI is InChI=1S/C58H38N2S/c1-5-15-39(16-6-1)42-25-29-44(30-26-42)53-38-54(60-58(59-53)46-31-27-43(28-32-46)40-17-7-2-8-18-40)52-37-48(41-19-9-3-10-20-41)36-50(57(52)45-21-11-4-12-22-45)47-33-34-56-51(35-47)49-23-13-14-24-55(49)61-56/h1-38H. The van der Waals surface area contributed by atoms with Crippen LogP contribution in [-0.4, -0.2) is 9.97 Å². The molecular formula is C58H38N2S. The second kappa shape index (κ2) is 15.8. The van der Waals surface area contributed by atoms with Gasteiger partial charge in [-0.25, -0.2) is 9.97 Å². The first kappa shape index (κ1) is 36.4. The first-order valence-corrected chi connectivity index (χ1v) is 21.5. The Balaban J connectivity index is 1.16. The third-order valence-electron chi connectivity index (χ3n) is 11.5. The molecule has 0 unspecified atom stereocenters. The molecule has 0 aliphatic carbocycles. The van der Waals surface area contributed by atoms with Crippen LogP contribution in [0.25, 0.3) is 110 Å². The molecule has 0 aliphatic heterocycles. The fourth-order valence-corrected chi connectivity index (χ4v) is 9.53. The first-order chi connectivity index (χ1) is 30.2. The van der Waals surface area contributed by atoms with Crippen LogP contribution in [0, 0.1) is 0 Å². The molecule has 2 heterocycles. The molecule has 11 aromatic rings. The van der Waals surface area contributed by atoms with Gasteiger partial charge in [0, 0.05) is 36.9 Å². The molecule has 0 aliphatic rings. The van der Waals surface area contributed by atoms with Crippen molar-refractivity contribution in [1.82, 2.24) is 9.97 Å². The van der Waals surface area contributed by atoms with Gasteiger partial charge in [0.15, 0.2) is 5.82 Å². The fraction of sp³-hybridized carbons (Fsp3) is 0. The largest absolute Gasteiger partial charge is 0.228 e. The lowest BCUT2D eigenvalue weighted by Crippen LogP contribution is -1.99. The highest BCUT2D eigenvalue weighted by Gasteiger charge is 2.21. The number of aromatic nitrogens is 2. The average Bonchev–Trinajstić information content (AvgIpc) is 3.73. The lowest BCUT2D eigenvalue weighted by Gasteiger charge is -2.20. The Morgan fingerprint density at radius 2 is 0.705 bits per heavy atom. The maximum atomic E-state index is 5.50. The summed E-state index contributed by atoms with van der Waals surface area (Å²) in [6.45, 7) is 0. The number of nitrogens with zero attached hydrogens (tertiary/aromatic N) is 2. The van der Waals surface area contributed by atoms with Crippen LogP contribution in [0.5, 0.6) is 0 Å². The molecule has 0 saturated carbocycles. The average molecular weight is 795 g/mol. The Labute approximate surface area is 359 Å². The molecule has 0 bridgehead atoms. The molecule has 0 radical (unpaired) electrons. The Hall–Kier alpha value is -7.72. The molecule has 0 fully saturated rings. The van der Waals surface area contributed by atoms with E-state index < -0.39 is 0 Å². The van der Waals surface area contributed by atoms with Crippen molar-refractivity contribution < 1.29 is 0 Å². The Morgan fingerprint density at radius 1 is 0.262 bits per heavy atom. The third kappa shape index (κ3) is 7.12. The van der Waals surface area contributed by atoms with Crippen molar-refractivity contribution in [2.24, 2.45) is 0 Å². The van der Waals surface area contributed by atoms with Crippen molar-refractivity contribution in [3.63, 3.8) is 0 Å². The van der Waals surface area contributed by atoms with Gasteiger partial charge >= 0.3 is 0 Å². The molecule has 9 aromatic carbocycles. The summed E-state index contributed by atoms with van der Waals surface area (Å²) in [7, 11) is 0. The van der Waals surface area contributed by atoms with Crippen molar-refractivity contribution in [3.05, 3.63) is 231 Å². The number of benzene rings is 9. The Kier molecular flexibility index (Phi) is 9.42. The van der Waals surface area contributed by atoms with Gasteiger partial charge in [0.05, 0.1) is 11.4 Å². The van der Waals surface area contributed by atoms with Crippen molar-refractivity contribution in [3.8, 4) is 89.5 Å². The SMILES string of the molecule is c1ccc(-c2ccc(-c3cc(-c4cc(-c5ccccc5)cc(-c5ccc6sc7ccccc7c6c5)c4-c4ccccc4)nc(-c4ccc(-c5ccccc5)cc4)n3)cc2)cc1. The number of fused-ring (bicyclic) bond motifs is 3. The molecule has 0 amide bonds. The fourth-order valence-electron chi connectivity index (χ4n) is 8.45. The van der Waals surface area contributed by atoms with E-state index in [9.17, 15) is 0 Å². The Bertz CT molecular complexity index is 3200. The van der Waals surface area contributed by atoms with E-state index in [1.165, 1.54) is 31.3 Å². The highest BCUT2D eigenvalue weighted by Crippen LogP contribution is 2.45. The maximum Gasteiger partial charge on any atom is 0.160 e. The van der Waals surface area contributed by atoms with Crippen molar-refractivity contribution in [1.29, 1.82) is 0 Å². The summed E-state index contributed by atoms with van der Waals surface area (Å²) in [5, 5.41) is 2.56. The van der Waals surface area contributed by atoms with Crippen LogP contribution in [0.3, 0.4) is 0 Å². The van der Waals surface area contributed by atoms with Crippen molar-refractivity contribution in [2.75, 3.05) is 0 Å². The highest BCUT2D eigenvalue weighted by molar-refractivity contribution is 7.25. The summed E-state index contributed by atoms with van der Waals surface area (Å²) in [6.07, 6.45) is 0. The van der Waals surface area contributed by atoms with E-state index in [1.807, 2.05) is 11.3 Å². The topological polar surface area (TPSA) is 25.8 Å². The summed E-state index contributed by atoms with van der Waals surface area (Å²) < 4.78 is 2.58. The van der Waals surface area contributed by atoms with Gasteiger partial charge in [0.25, 0.3) is 0 Å². The molecule has 0 atom stereocenters. The minimum absolute atomic E-state index is 0.677. The number of hydrogen-bond acceptors (Lipinski definition) is 3. The minimum Gasteiger partial charge on any atom is -0.228 e. The van der Waals surface area contributed by atoms with Crippen LogP contribution in [0.2, 0.25) is 0 Å². The van der Waals surface area contributed by atoms with E-state index in [0.717, 1.165) is 72.6 Å². The molecule has 3 heteroatoms. The highest BCUT2D eigenvalue weighted by atomic mass is 32.1. The molecule has 0 N–H and O–H groups in total. The molecule has 0 spiro atoms. The first-order valence-electron chi connectivity index (χ1n) is 20.6. The zero-order chi connectivity index (χ0) is 40.5. The van der Waals surface area contributed by atoms with Gasteiger partial charge < -0.3 is 0 Å². The number of thiophene rings is 1. The van der Waals surface area contributed by atoms with Crippen molar-refractivity contribution in [2.45, 2.75) is 0 Å². The van der Waals surface area contributed by atoms with Gasteiger partial charge in [-0.2, -0.15) is 0 Å². The minimum atomic E-state index is 0.677. The van der Waals surface area contributed by atoms with Crippen molar-refractivity contribution >= 4 is 31.5 Å². The van der Waals surface area contributed by atoms with Crippen LogP contribution >= 0.6 is 11.3 Å². The van der Waals surface area contributed by atoms with E-state index in [-0.39, 0.29) is 0 Å². The summed E-state index contributed by atoms with van der Waals surface area (Å²) in [5.74, 6) is 0.677. The van der Waals surface area contributed by atoms with Gasteiger partial charge in [-0.3, -0.25) is 0 Å². The molecular weight excluding hydrogens is 757 g/mol. The maximum absolute atomic E-state index is 5.50. The molecule has 2 nitrogen and oxygen atoms in total. The smallest absolute Gasteiger partial charge is 0.160 e. The lowest BCUT2D eigenvalue weighted by molar-refractivity contribution is 1.18. The molecule has 286 valence electrons. The number of rotatable bonds is 8. The van der Waals surface area contributed by atoms with Crippen LogP contribution in [0.15, 0.2) is 231 Å². The van der Waals surface area contributed by atoms with Gasteiger partial charge in [-0.1, -0.05) is 194 Å². The van der Waals surface area contributed by atoms with Crippen LogP contribution in [0.1, 0.15) is 0 Å². The summed E-state index contributed by atoms with van der Waals surface area (Å²) in [6, 6.07) is 82.4. The second-order valence-corrected chi connectivity index (χ2v) is 16.4. The summed E-state index contributed by atoms with van der Waals surface area (Å²) in [5.41, 5.74) is 16.3. The van der Waals surface area contributed by atoms with E-state index >= 15 is 0 Å². The van der Waals surface area contributed by atoms with Crippen LogP contribution in [0.4, 0.5) is 0 Å². The quantitative estimate of drug-likeness (QED) is 0.153. The Morgan fingerprint density at radius 3 is 1.33 bits per heavy atom. The van der Waals surface area contributed by atoms with Gasteiger partial charge in [0.2, 0.25) is 0 Å². The van der Waals surface area contributed by atoms with Gasteiger partial charge in [-0.15, -0.1) is 11.3 Å². The monoisotopic (exact) mass is 794 g/mol. The summed E-state index contributed by atoms with van der Waals surface area (Å²) >= 11 is 1.85. The molecule has 11 rings (SSSR count). The van der Waals surface area contributed by atoms with E-state index in [2.05, 4.69) is 231 Å². The van der Waals surface area contributed by atoms with Gasteiger partial charge in [-0.05, 0) is 92.0 Å². The predicted octanol–water partition coefficient (Wildman–Crippen LogP) is 16.2. The predicted molar refractivity (Wildman–Crippen MR) is 258 cm³/mol. The van der Waals surface area contributed by atoms with E-state index in [0.29, 0.717) is 5.82 Å². The van der Waals surface area contributed by atoms with E-state index in [1.54, 1.807) is 0 Å². The van der Waals surface area contributed by atoms with E-state index in [4.69, 9.17) is 9.97 Å². The van der Waals surface area contributed by atoms with Crippen LogP contribution in [-0.2, 0) is 0 Å². The molecule has 0 saturated heterocycles. The third-order valence-corrected chi connectivity index (χ3v) is 12.7. The second-order valence-electron chi connectivity index (χ2n) is 15.3. The van der Waals surface area contributed by atoms with Gasteiger partial charge in [0.1, 0.15) is 0 Å². The lowest BCUT2D eigenvalue weighted by atomic mass is 9.85. The normalized spacial score (nSPS) is 11.3. The molecule has 2 aromatic heterocycles. The molecule has 61 heavy (non-hydrogen) atoms. The van der Waals surface area contributed by atoms with Crippen LogP contribution < -0.4 is 0 Å². The number of hydrogen-bond donors (Lipinski definition) is 0. The summed E-state index contributed by atoms with van der Waals surface area (Å²) in [4.78, 5) is 10.8. The zero-order valence-corrected chi connectivity index (χ0v) is 34.1.